The molecule has 120 valence electrons. The fourth-order valence-corrected chi connectivity index (χ4v) is 2.22. The molecule has 1 amide bonds. The quantitative estimate of drug-likeness (QED) is 0.633. The van der Waals surface area contributed by atoms with E-state index in [-0.39, 0.29) is 17.9 Å². The standard InChI is InChI=1S/C17H18N2O4/c1-2-12-6-8-13(9-7-12)16(11-20)18-17(21)14-4-3-5-15(10-14)19(22)23/h3-10,16,20H,2,11H2,1H3,(H,18,21). The number of nitro groups is 1. The van der Waals surface area contributed by atoms with Crippen molar-refractivity contribution in [3.8, 4) is 0 Å². The number of aryl methyl sites for hydroxylation is 1. The number of aliphatic hydroxyl groups excluding tert-OH is 1. The summed E-state index contributed by atoms with van der Waals surface area (Å²) < 4.78 is 0. The first kappa shape index (κ1) is 16.6. The second-order valence-corrected chi connectivity index (χ2v) is 5.11. The number of carbonyl (C=O) groups excluding carboxylic acids is 1. The van der Waals surface area contributed by atoms with E-state index in [1.165, 1.54) is 24.3 Å². The Morgan fingerprint density at radius 2 is 1.96 bits per heavy atom. The first-order valence-electron chi connectivity index (χ1n) is 7.30. The molecule has 0 fully saturated rings. The van der Waals surface area contributed by atoms with Gasteiger partial charge >= 0.3 is 0 Å². The van der Waals surface area contributed by atoms with Gasteiger partial charge in [-0.1, -0.05) is 37.3 Å². The lowest BCUT2D eigenvalue weighted by Crippen LogP contribution is -2.30. The van der Waals surface area contributed by atoms with Gasteiger partial charge in [-0.2, -0.15) is 0 Å². The Morgan fingerprint density at radius 3 is 2.52 bits per heavy atom. The van der Waals surface area contributed by atoms with Gasteiger partial charge in [0.05, 0.1) is 17.6 Å². The van der Waals surface area contributed by atoms with Crippen molar-refractivity contribution in [1.82, 2.24) is 5.32 Å². The summed E-state index contributed by atoms with van der Waals surface area (Å²) in [5.74, 6) is -0.465. The number of amides is 1. The highest BCUT2D eigenvalue weighted by Crippen LogP contribution is 2.17. The average Bonchev–Trinajstić information content (AvgIpc) is 2.59. The molecule has 1 unspecified atom stereocenters. The van der Waals surface area contributed by atoms with Crippen LogP contribution in [-0.4, -0.2) is 22.5 Å². The van der Waals surface area contributed by atoms with E-state index < -0.39 is 16.9 Å². The van der Waals surface area contributed by atoms with Gasteiger partial charge in [-0.25, -0.2) is 0 Å². The topological polar surface area (TPSA) is 92.5 Å². The monoisotopic (exact) mass is 314 g/mol. The average molecular weight is 314 g/mol. The lowest BCUT2D eigenvalue weighted by atomic mass is 10.0. The number of nitrogens with zero attached hydrogens (tertiary/aromatic N) is 1. The second-order valence-electron chi connectivity index (χ2n) is 5.11. The molecular weight excluding hydrogens is 296 g/mol. The molecule has 0 aromatic heterocycles. The highest BCUT2D eigenvalue weighted by Gasteiger charge is 2.17. The van der Waals surface area contributed by atoms with Crippen LogP contribution >= 0.6 is 0 Å². The van der Waals surface area contributed by atoms with Crippen LogP contribution in [-0.2, 0) is 6.42 Å². The first-order valence-corrected chi connectivity index (χ1v) is 7.30. The normalized spacial score (nSPS) is 11.7. The SMILES string of the molecule is CCc1ccc(C(CO)NC(=O)c2cccc([N+](=O)[O-])c2)cc1. The van der Waals surface area contributed by atoms with Crippen LogP contribution in [0.5, 0.6) is 0 Å². The predicted octanol–water partition coefficient (Wildman–Crippen LogP) is 2.62. The number of aliphatic hydroxyl groups is 1. The van der Waals surface area contributed by atoms with Gasteiger partial charge in [0.2, 0.25) is 0 Å². The van der Waals surface area contributed by atoms with Crippen LogP contribution in [0.15, 0.2) is 48.5 Å². The Labute approximate surface area is 133 Å². The van der Waals surface area contributed by atoms with E-state index in [9.17, 15) is 20.0 Å². The van der Waals surface area contributed by atoms with Gasteiger partial charge in [0, 0.05) is 17.7 Å². The third-order valence-electron chi connectivity index (χ3n) is 3.60. The van der Waals surface area contributed by atoms with Crippen molar-refractivity contribution >= 4 is 11.6 Å². The van der Waals surface area contributed by atoms with Gasteiger partial charge < -0.3 is 10.4 Å². The summed E-state index contributed by atoms with van der Waals surface area (Å²) in [5, 5.41) is 23.0. The van der Waals surface area contributed by atoms with Crippen LogP contribution in [0.2, 0.25) is 0 Å². The van der Waals surface area contributed by atoms with E-state index in [1.54, 1.807) is 0 Å². The number of non-ortho nitro benzene ring substituents is 1. The van der Waals surface area contributed by atoms with Crippen molar-refractivity contribution in [2.45, 2.75) is 19.4 Å². The summed E-state index contributed by atoms with van der Waals surface area (Å²) in [5.41, 5.74) is 1.98. The minimum atomic E-state index is -0.562. The van der Waals surface area contributed by atoms with Crippen molar-refractivity contribution in [2.24, 2.45) is 0 Å². The second kappa shape index (κ2) is 7.51. The number of nitro benzene ring substituents is 1. The van der Waals surface area contributed by atoms with Gasteiger partial charge in [-0.15, -0.1) is 0 Å². The number of hydrogen-bond acceptors (Lipinski definition) is 4. The zero-order valence-corrected chi connectivity index (χ0v) is 12.7. The molecule has 0 heterocycles. The van der Waals surface area contributed by atoms with Gasteiger partial charge in [0.25, 0.3) is 11.6 Å². The molecule has 0 saturated carbocycles. The van der Waals surface area contributed by atoms with Crippen molar-refractivity contribution in [3.63, 3.8) is 0 Å². The molecule has 2 rings (SSSR count). The molecular formula is C17H18N2O4. The number of benzene rings is 2. The molecule has 0 aliphatic heterocycles. The summed E-state index contributed by atoms with van der Waals surface area (Å²) >= 11 is 0. The van der Waals surface area contributed by atoms with E-state index in [0.29, 0.717) is 0 Å². The maximum atomic E-state index is 12.2. The fraction of sp³-hybridized carbons (Fsp3) is 0.235. The molecule has 2 aromatic rings. The lowest BCUT2D eigenvalue weighted by molar-refractivity contribution is -0.384. The van der Waals surface area contributed by atoms with Crippen LogP contribution in [0.25, 0.3) is 0 Å². The summed E-state index contributed by atoms with van der Waals surface area (Å²) in [6.07, 6.45) is 0.907. The van der Waals surface area contributed by atoms with E-state index in [2.05, 4.69) is 5.32 Å². The van der Waals surface area contributed by atoms with Crippen molar-refractivity contribution in [3.05, 3.63) is 75.3 Å². The number of hydrogen-bond donors (Lipinski definition) is 2. The highest BCUT2D eigenvalue weighted by molar-refractivity contribution is 5.95. The minimum Gasteiger partial charge on any atom is -0.394 e. The Balaban J connectivity index is 2.15. The molecule has 1 atom stereocenters. The van der Waals surface area contributed by atoms with Crippen molar-refractivity contribution < 1.29 is 14.8 Å². The van der Waals surface area contributed by atoms with Gasteiger partial charge in [0.15, 0.2) is 0 Å². The zero-order valence-electron chi connectivity index (χ0n) is 12.7. The molecule has 6 nitrogen and oxygen atoms in total. The predicted molar refractivity (Wildman–Crippen MR) is 86.2 cm³/mol. The van der Waals surface area contributed by atoms with Crippen LogP contribution in [0.3, 0.4) is 0 Å². The van der Waals surface area contributed by atoms with Crippen LogP contribution in [0.1, 0.15) is 34.5 Å². The highest BCUT2D eigenvalue weighted by atomic mass is 16.6. The maximum Gasteiger partial charge on any atom is 0.270 e. The minimum absolute atomic E-state index is 0.148. The third kappa shape index (κ3) is 4.14. The molecule has 6 heteroatoms. The van der Waals surface area contributed by atoms with Crippen LogP contribution < -0.4 is 5.32 Å². The van der Waals surface area contributed by atoms with Crippen LogP contribution in [0.4, 0.5) is 5.69 Å². The molecule has 2 aromatic carbocycles. The van der Waals surface area contributed by atoms with Crippen LogP contribution in [0, 0.1) is 10.1 Å². The largest absolute Gasteiger partial charge is 0.394 e. The smallest absolute Gasteiger partial charge is 0.270 e. The van der Waals surface area contributed by atoms with E-state index in [4.69, 9.17) is 0 Å². The molecule has 0 radical (unpaired) electrons. The summed E-state index contributed by atoms with van der Waals surface area (Å²) in [4.78, 5) is 22.5. The molecule has 23 heavy (non-hydrogen) atoms. The number of rotatable bonds is 6. The fourth-order valence-electron chi connectivity index (χ4n) is 2.22. The first-order chi connectivity index (χ1) is 11.0. The molecule has 0 aliphatic carbocycles. The van der Waals surface area contributed by atoms with E-state index in [1.807, 2.05) is 31.2 Å². The summed E-state index contributed by atoms with van der Waals surface area (Å²) in [6.45, 7) is 1.79. The van der Waals surface area contributed by atoms with Crippen molar-refractivity contribution in [1.29, 1.82) is 0 Å². The Morgan fingerprint density at radius 1 is 1.26 bits per heavy atom. The summed E-state index contributed by atoms with van der Waals surface area (Å²) in [6, 6.07) is 12.5. The molecule has 0 bridgehead atoms. The third-order valence-corrected chi connectivity index (χ3v) is 3.60. The zero-order chi connectivity index (χ0) is 16.8. The van der Waals surface area contributed by atoms with Gasteiger partial charge in [0.1, 0.15) is 0 Å². The maximum absolute atomic E-state index is 12.2. The number of nitrogens with one attached hydrogen (secondary N) is 1. The van der Waals surface area contributed by atoms with E-state index >= 15 is 0 Å². The van der Waals surface area contributed by atoms with Crippen molar-refractivity contribution in [2.75, 3.05) is 6.61 Å². The summed E-state index contributed by atoms with van der Waals surface area (Å²) in [7, 11) is 0. The molecule has 2 N–H and O–H groups in total. The molecule has 0 saturated heterocycles. The lowest BCUT2D eigenvalue weighted by Gasteiger charge is -2.17. The number of carbonyl (C=O) groups is 1. The Bertz CT molecular complexity index is 698. The van der Waals surface area contributed by atoms with Gasteiger partial charge in [-0.05, 0) is 23.6 Å². The molecule has 0 spiro atoms. The Hall–Kier alpha value is -2.73. The van der Waals surface area contributed by atoms with Gasteiger partial charge in [-0.3, -0.25) is 14.9 Å². The molecule has 0 aliphatic rings. The van der Waals surface area contributed by atoms with E-state index in [0.717, 1.165) is 17.5 Å². The Kier molecular flexibility index (Phi) is 5.43.